The van der Waals surface area contributed by atoms with Crippen molar-refractivity contribution in [1.82, 2.24) is 0 Å². The summed E-state index contributed by atoms with van der Waals surface area (Å²) in [5.41, 5.74) is 7.24. The average Bonchev–Trinajstić information content (AvgIpc) is 2.80. The Balaban J connectivity index is 2.38. The van der Waals surface area contributed by atoms with Gasteiger partial charge < -0.3 is 10.5 Å². The Morgan fingerprint density at radius 3 is 2.62 bits per heavy atom. The fraction of sp³-hybridized carbons (Fsp3) is 0.538. The van der Waals surface area contributed by atoms with Gasteiger partial charge >= 0.3 is 0 Å². The van der Waals surface area contributed by atoms with E-state index in [2.05, 4.69) is 13.8 Å². The van der Waals surface area contributed by atoms with Gasteiger partial charge in [-0.2, -0.15) is 0 Å². The van der Waals surface area contributed by atoms with Crippen LogP contribution in [0.1, 0.15) is 25.3 Å². The van der Waals surface area contributed by atoms with Gasteiger partial charge in [0.2, 0.25) is 0 Å². The lowest BCUT2D eigenvalue weighted by Crippen LogP contribution is -2.05. The van der Waals surface area contributed by atoms with Crippen molar-refractivity contribution in [2.24, 2.45) is 17.1 Å². The smallest absolute Gasteiger partial charge is 0.122 e. The summed E-state index contributed by atoms with van der Waals surface area (Å²) >= 11 is 6.04. The molecule has 2 rings (SSSR count). The van der Waals surface area contributed by atoms with Gasteiger partial charge in [0, 0.05) is 5.02 Å². The lowest BCUT2D eigenvalue weighted by molar-refractivity contribution is 0.407. The minimum atomic E-state index is 0.257. The molecule has 1 aromatic rings. The SMILES string of the molecule is COc1ccc(Cl)cc1C1C(CN)C1(C)C. The van der Waals surface area contributed by atoms with E-state index < -0.39 is 0 Å². The van der Waals surface area contributed by atoms with Crippen molar-refractivity contribution >= 4 is 11.6 Å². The predicted molar refractivity (Wildman–Crippen MR) is 67.1 cm³/mol. The summed E-state index contributed by atoms with van der Waals surface area (Å²) in [6, 6.07) is 5.79. The Labute approximate surface area is 102 Å². The average molecular weight is 240 g/mol. The molecule has 0 bridgehead atoms. The van der Waals surface area contributed by atoms with Crippen LogP contribution in [0.3, 0.4) is 0 Å². The molecule has 0 radical (unpaired) electrons. The molecule has 1 aliphatic rings. The van der Waals surface area contributed by atoms with E-state index in [0.717, 1.165) is 10.8 Å². The largest absolute Gasteiger partial charge is 0.496 e. The highest BCUT2D eigenvalue weighted by Gasteiger charge is 2.58. The highest BCUT2D eigenvalue weighted by molar-refractivity contribution is 6.30. The second-order valence-corrected chi connectivity index (χ2v) is 5.46. The molecule has 2 nitrogen and oxygen atoms in total. The van der Waals surface area contributed by atoms with Crippen molar-refractivity contribution in [2.45, 2.75) is 19.8 Å². The molecule has 0 saturated heterocycles. The fourth-order valence-electron chi connectivity index (χ4n) is 2.75. The van der Waals surface area contributed by atoms with Crippen molar-refractivity contribution < 1.29 is 4.74 Å². The second kappa shape index (κ2) is 3.94. The first-order valence-electron chi connectivity index (χ1n) is 5.56. The first kappa shape index (κ1) is 11.7. The van der Waals surface area contributed by atoms with Crippen molar-refractivity contribution in [3.63, 3.8) is 0 Å². The Hall–Kier alpha value is -0.730. The van der Waals surface area contributed by atoms with Gasteiger partial charge in [-0.25, -0.2) is 0 Å². The summed E-state index contributed by atoms with van der Waals surface area (Å²) in [5.74, 6) is 1.91. The van der Waals surface area contributed by atoms with Crippen molar-refractivity contribution in [1.29, 1.82) is 0 Å². The molecule has 88 valence electrons. The van der Waals surface area contributed by atoms with Gasteiger partial charge in [0.25, 0.3) is 0 Å². The topological polar surface area (TPSA) is 35.2 Å². The fourth-order valence-corrected chi connectivity index (χ4v) is 2.93. The second-order valence-electron chi connectivity index (χ2n) is 5.03. The summed E-state index contributed by atoms with van der Waals surface area (Å²) < 4.78 is 5.39. The van der Waals surface area contributed by atoms with Gasteiger partial charge in [0.1, 0.15) is 5.75 Å². The molecule has 0 amide bonds. The molecule has 1 aromatic carbocycles. The molecule has 16 heavy (non-hydrogen) atoms. The maximum atomic E-state index is 6.04. The van der Waals surface area contributed by atoms with E-state index in [1.54, 1.807) is 7.11 Å². The molecule has 1 aliphatic carbocycles. The zero-order valence-corrected chi connectivity index (χ0v) is 10.7. The molecule has 1 fully saturated rings. The summed E-state index contributed by atoms with van der Waals surface area (Å²) in [7, 11) is 1.69. The van der Waals surface area contributed by atoms with Gasteiger partial charge in [-0.15, -0.1) is 0 Å². The Bertz CT molecular complexity index is 403. The van der Waals surface area contributed by atoms with Crippen molar-refractivity contribution in [2.75, 3.05) is 13.7 Å². The van der Waals surface area contributed by atoms with E-state index in [4.69, 9.17) is 22.1 Å². The van der Waals surface area contributed by atoms with Crippen LogP contribution in [-0.2, 0) is 0 Å². The number of rotatable bonds is 3. The third-order valence-corrected chi connectivity index (χ3v) is 4.07. The molecule has 2 atom stereocenters. The maximum Gasteiger partial charge on any atom is 0.122 e. The molecular formula is C13H18ClNO. The lowest BCUT2D eigenvalue weighted by atomic mass is 10.0. The number of nitrogens with two attached hydrogens (primary N) is 1. The van der Waals surface area contributed by atoms with Crippen LogP contribution in [-0.4, -0.2) is 13.7 Å². The Kier molecular flexibility index (Phi) is 2.89. The van der Waals surface area contributed by atoms with Crippen LogP contribution in [0.2, 0.25) is 5.02 Å². The molecule has 1 saturated carbocycles. The van der Waals surface area contributed by atoms with E-state index in [9.17, 15) is 0 Å². The molecule has 2 N–H and O–H groups in total. The number of hydrogen-bond donors (Lipinski definition) is 1. The zero-order valence-electron chi connectivity index (χ0n) is 9.96. The van der Waals surface area contributed by atoms with Crippen LogP contribution in [0.25, 0.3) is 0 Å². The van der Waals surface area contributed by atoms with E-state index in [-0.39, 0.29) is 5.41 Å². The number of ether oxygens (including phenoxy) is 1. The van der Waals surface area contributed by atoms with Crippen molar-refractivity contribution in [3.05, 3.63) is 28.8 Å². The van der Waals surface area contributed by atoms with Gasteiger partial charge in [0.05, 0.1) is 7.11 Å². The third-order valence-electron chi connectivity index (χ3n) is 3.83. The van der Waals surface area contributed by atoms with Gasteiger partial charge in [0.15, 0.2) is 0 Å². The van der Waals surface area contributed by atoms with E-state index in [1.807, 2.05) is 18.2 Å². The minimum Gasteiger partial charge on any atom is -0.496 e. The standard InChI is InChI=1S/C13H18ClNO/c1-13(2)10(7-15)12(13)9-6-8(14)4-5-11(9)16-3/h4-6,10,12H,7,15H2,1-3H3. The predicted octanol–water partition coefficient (Wildman–Crippen LogP) is 3.05. The number of methoxy groups -OCH3 is 1. The van der Waals surface area contributed by atoms with Crippen LogP contribution in [0.15, 0.2) is 18.2 Å². The summed E-state index contributed by atoms with van der Waals surface area (Å²) in [5, 5.41) is 0.759. The molecule has 0 aromatic heterocycles. The highest BCUT2D eigenvalue weighted by Crippen LogP contribution is 2.65. The summed E-state index contributed by atoms with van der Waals surface area (Å²) in [6.45, 7) is 5.21. The molecular weight excluding hydrogens is 222 g/mol. The molecule has 2 unspecified atom stereocenters. The Morgan fingerprint density at radius 1 is 1.44 bits per heavy atom. The van der Waals surface area contributed by atoms with Crippen LogP contribution in [0.4, 0.5) is 0 Å². The normalized spacial score (nSPS) is 26.6. The molecule has 0 heterocycles. The number of halogens is 1. The lowest BCUT2D eigenvalue weighted by Gasteiger charge is -2.10. The van der Waals surface area contributed by atoms with Crippen LogP contribution >= 0.6 is 11.6 Å². The molecule has 0 spiro atoms. The van der Waals surface area contributed by atoms with Gasteiger partial charge in [-0.05, 0) is 47.6 Å². The van der Waals surface area contributed by atoms with Crippen LogP contribution < -0.4 is 10.5 Å². The minimum absolute atomic E-state index is 0.257. The monoisotopic (exact) mass is 239 g/mol. The van der Waals surface area contributed by atoms with Gasteiger partial charge in [-0.3, -0.25) is 0 Å². The number of hydrogen-bond acceptors (Lipinski definition) is 2. The maximum absolute atomic E-state index is 6.04. The van der Waals surface area contributed by atoms with E-state index in [1.165, 1.54) is 5.56 Å². The first-order chi connectivity index (χ1) is 7.52. The number of benzene rings is 1. The highest BCUT2D eigenvalue weighted by atomic mass is 35.5. The first-order valence-corrected chi connectivity index (χ1v) is 5.93. The van der Waals surface area contributed by atoms with Gasteiger partial charge in [-0.1, -0.05) is 25.4 Å². The van der Waals surface area contributed by atoms with E-state index in [0.29, 0.717) is 18.4 Å². The van der Waals surface area contributed by atoms with Crippen LogP contribution in [0, 0.1) is 11.3 Å². The van der Waals surface area contributed by atoms with Crippen molar-refractivity contribution in [3.8, 4) is 5.75 Å². The molecule has 0 aliphatic heterocycles. The molecule has 3 heteroatoms. The van der Waals surface area contributed by atoms with Crippen LogP contribution in [0.5, 0.6) is 5.75 Å². The quantitative estimate of drug-likeness (QED) is 0.880. The van der Waals surface area contributed by atoms with E-state index >= 15 is 0 Å². The zero-order chi connectivity index (χ0) is 11.9. The third kappa shape index (κ3) is 1.70. The summed E-state index contributed by atoms with van der Waals surface area (Å²) in [4.78, 5) is 0. The Morgan fingerprint density at radius 2 is 2.12 bits per heavy atom. The summed E-state index contributed by atoms with van der Waals surface area (Å²) in [6.07, 6.45) is 0.